The molecular weight excluding hydrogens is 328 g/mol. The lowest BCUT2D eigenvalue weighted by atomic mass is 9.85. The van der Waals surface area contributed by atoms with Crippen LogP contribution in [0.3, 0.4) is 0 Å². The van der Waals surface area contributed by atoms with Crippen molar-refractivity contribution in [2.75, 3.05) is 23.3 Å². The fourth-order valence-corrected chi connectivity index (χ4v) is 3.34. The molecule has 24 heavy (non-hydrogen) atoms. The molecule has 132 valence electrons. The van der Waals surface area contributed by atoms with Crippen LogP contribution in [0.25, 0.3) is 0 Å². The fourth-order valence-electron chi connectivity index (χ4n) is 3.34. The highest BCUT2D eigenvalue weighted by Crippen LogP contribution is 2.26. The van der Waals surface area contributed by atoms with Crippen LogP contribution in [0.5, 0.6) is 0 Å². The molecule has 1 heterocycles. The lowest BCUT2D eigenvalue weighted by Gasteiger charge is -2.28. The maximum atomic E-state index is 12.4. The number of carbonyl (C=O) groups excluding carboxylic acids is 2. The van der Waals surface area contributed by atoms with E-state index in [4.69, 9.17) is 5.73 Å². The topological polar surface area (TPSA) is 87.5 Å². The Hall–Kier alpha value is -1.79. The molecule has 1 aliphatic heterocycles. The third-order valence-corrected chi connectivity index (χ3v) is 4.59. The quantitative estimate of drug-likeness (QED) is 0.781. The second-order valence-corrected chi connectivity index (χ2v) is 6.40. The molecule has 6 nitrogen and oxygen atoms in total. The third kappa shape index (κ3) is 4.39. The maximum Gasteiger partial charge on any atom is 0.321 e. The third-order valence-electron chi connectivity index (χ3n) is 4.59. The Morgan fingerprint density at radius 3 is 2.88 bits per heavy atom. The van der Waals surface area contributed by atoms with Gasteiger partial charge in [0.25, 0.3) is 0 Å². The summed E-state index contributed by atoms with van der Waals surface area (Å²) in [6, 6.07) is 7.49. The lowest BCUT2D eigenvalue weighted by molar-refractivity contribution is -0.120. The molecule has 1 aliphatic carbocycles. The van der Waals surface area contributed by atoms with Gasteiger partial charge in [0.15, 0.2) is 0 Å². The Morgan fingerprint density at radius 1 is 1.29 bits per heavy atom. The highest BCUT2D eigenvalue weighted by Gasteiger charge is 2.25. The number of anilines is 2. The highest BCUT2D eigenvalue weighted by atomic mass is 35.5. The lowest BCUT2D eigenvalue weighted by Crippen LogP contribution is -2.46. The van der Waals surface area contributed by atoms with Crippen molar-refractivity contribution in [1.82, 2.24) is 5.32 Å². The van der Waals surface area contributed by atoms with E-state index < -0.39 is 0 Å². The van der Waals surface area contributed by atoms with Gasteiger partial charge in [0.2, 0.25) is 5.91 Å². The van der Waals surface area contributed by atoms with E-state index in [9.17, 15) is 9.59 Å². The van der Waals surface area contributed by atoms with Crippen LogP contribution >= 0.6 is 12.4 Å². The molecule has 0 bridgehead atoms. The van der Waals surface area contributed by atoms with Crippen molar-refractivity contribution in [1.29, 1.82) is 0 Å². The average molecular weight is 353 g/mol. The van der Waals surface area contributed by atoms with E-state index in [1.165, 1.54) is 0 Å². The van der Waals surface area contributed by atoms with Crippen LogP contribution in [0, 0.1) is 5.92 Å². The summed E-state index contributed by atoms with van der Waals surface area (Å²) >= 11 is 0. The molecule has 0 aromatic heterocycles. The van der Waals surface area contributed by atoms with Gasteiger partial charge in [0.1, 0.15) is 0 Å². The minimum Gasteiger partial charge on any atom is -0.338 e. The van der Waals surface area contributed by atoms with Gasteiger partial charge in [0, 0.05) is 36.4 Å². The number of amides is 3. The maximum absolute atomic E-state index is 12.4. The zero-order valence-electron chi connectivity index (χ0n) is 13.7. The standard InChI is InChI=1S/C17H24N4O2.ClH/c18-13-5-1-4-12(10-13)16(22)20-14-6-2-7-15(11-14)21-9-3-8-19-17(21)23;/h2,6-7,11-13H,1,3-5,8-10,18H2,(H,19,23)(H,20,22);1H. The largest absolute Gasteiger partial charge is 0.338 e. The van der Waals surface area contributed by atoms with Crippen LogP contribution in [0.15, 0.2) is 24.3 Å². The number of hydrogen-bond donors (Lipinski definition) is 3. The van der Waals surface area contributed by atoms with Crippen molar-refractivity contribution in [3.8, 4) is 0 Å². The van der Waals surface area contributed by atoms with Gasteiger partial charge in [-0.2, -0.15) is 0 Å². The molecule has 2 fully saturated rings. The van der Waals surface area contributed by atoms with Crippen molar-refractivity contribution < 1.29 is 9.59 Å². The number of hydrogen-bond acceptors (Lipinski definition) is 3. The Morgan fingerprint density at radius 2 is 2.12 bits per heavy atom. The molecule has 3 rings (SSSR count). The molecule has 2 aliphatic rings. The van der Waals surface area contributed by atoms with Gasteiger partial charge in [-0.25, -0.2) is 4.79 Å². The first-order chi connectivity index (χ1) is 11.1. The predicted molar refractivity (Wildman–Crippen MR) is 97.6 cm³/mol. The zero-order valence-corrected chi connectivity index (χ0v) is 14.5. The van der Waals surface area contributed by atoms with E-state index in [1.54, 1.807) is 4.90 Å². The number of benzene rings is 1. The second-order valence-electron chi connectivity index (χ2n) is 6.40. The predicted octanol–water partition coefficient (Wildman–Crippen LogP) is 2.48. The Balaban J connectivity index is 0.00000208. The van der Waals surface area contributed by atoms with E-state index in [2.05, 4.69) is 10.6 Å². The summed E-state index contributed by atoms with van der Waals surface area (Å²) in [6.45, 7) is 1.41. The molecule has 7 heteroatoms. The summed E-state index contributed by atoms with van der Waals surface area (Å²) < 4.78 is 0. The van der Waals surface area contributed by atoms with Crippen LogP contribution in [0.4, 0.5) is 16.2 Å². The Kier molecular flexibility index (Phi) is 6.45. The Bertz CT molecular complexity index is 596. The molecule has 2 atom stereocenters. The monoisotopic (exact) mass is 352 g/mol. The number of nitrogens with zero attached hydrogens (tertiary/aromatic N) is 1. The van der Waals surface area contributed by atoms with Crippen LogP contribution in [-0.2, 0) is 4.79 Å². The molecule has 0 spiro atoms. The number of halogens is 1. The van der Waals surface area contributed by atoms with Gasteiger partial charge >= 0.3 is 6.03 Å². The minimum absolute atomic E-state index is 0. The fraction of sp³-hybridized carbons (Fsp3) is 0.529. The molecule has 1 saturated heterocycles. The first kappa shape index (κ1) is 18.5. The summed E-state index contributed by atoms with van der Waals surface area (Å²) in [4.78, 5) is 26.0. The van der Waals surface area contributed by atoms with Crippen molar-refractivity contribution in [2.45, 2.75) is 38.1 Å². The number of urea groups is 1. The molecular formula is C17H25ClN4O2. The van der Waals surface area contributed by atoms with Crippen LogP contribution in [0.2, 0.25) is 0 Å². The summed E-state index contributed by atoms with van der Waals surface area (Å²) in [6.07, 6.45) is 4.58. The van der Waals surface area contributed by atoms with Crippen molar-refractivity contribution in [3.05, 3.63) is 24.3 Å². The van der Waals surface area contributed by atoms with E-state index in [-0.39, 0.29) is 36.3 Å². The summed E-state index contributed by atoms with van der Waals surface area (Å²) in [7, 11) is 0. The van der Waals surface area contributed by atoms with Gasteiger partial charge < -0.3 is 16.4 Å². The van der Waals surface area contributed by atoms with Gasteiger partial charge in [-0.05, 0) is 43.9 Å². The van der Waals surface area contributed by atoms with Crippen molar-refractivity contribution in [2.24, 2.45) is 11.7 Å². The average Bonchev–Trinajstić information content (AvgIpc) is 2.55. The first-order valence-electron chi connectivity index (χ1n) is 8.35. The Labute approximate surface area is 148 Å². The minimum atomic E-state index is -0.0852. The second kappa shape index (κ2) is 8.35. The van der Waals surface area contributed by atoms with Gasteiger partial charge in [-0.1, -0.05) is 12.5 Å². The number of nitrogens with one attached hydrogen (secondary N) is 2. The zero-order chi connectivity index (χ0) is 16.2. The molecule has 1 aromatic rings. The van der Waals surface area contributed by atoms with Crippen LogP contribution in [-0.4, -0.2) is 31.1 Å². The molecule has 0 radical (unpaired) electrons. The summed E-state index contributed by atoms with van der Waals surface area (Å²) in [5, 5.41) is 5.81. The summed E-state index contributed by atoms with van der Waals surface area (Å²) in [5.74, 6) is 0.0149. The van der Waals surface area contributed by atoms with Crippen molar-refractivity contribution >= 4 is 35.7 Å². The summed E-state index contributed by atoms with van der Waals surface area (Å²) in [5.41, 5.74) is 7.49. The smallest absolute Gasteiger partial charge is 0.321 e. The van der Waals surface area contributed by atoms with Crippen molar-refractivity contribution in [3.63, 3.8) is 0 Å². The first-order valence-corrected chi connectivity index (χ1v) is 8.35. The van der Waals surface area contributed by atoms with Crippen LogP contribution in [0.1, 0.15) is 32.1 Å². The molecule has 4 N–H and O–H groups in total. The SMILES string of the molecule is Cl.NC1CCCC(C(=O)Nc2cccc(N3CCCNC3=O)c2)C1. The normalized spacial score (nSPS) is 23.9. The molecule has 2 unspecified atom stereocenters. The molecule has 1 saturated carbocycles. The van der Waals surface area contributed by atoms with Gasteiger partial charge in [-0.15, -0.1) is 12.4 Å². The van der Waals surface area contributed by atoms with E-state index >= 15 is 0 Å². The van der Waals surface area contributed by atoms with Gasteiger partial charge in [-0.3, -0.25) is 9.69 Å². The number of carbonyl (C=O) groups is 2. The molecule has 3 amide bonds. The van der Waals surface area contributed by atoms with E-state index in [0.29, 0.717) is 13.1 Å². The van der Waals surface area contributed by atoms with E-state index in [0.717, 1.165) is 43.5 Å². The van der Waals surface area contributed by atoms with Crippen LogP contribution < -0.4 is 21.3 Å². The number of nitrogens with two attached hydrogens (primary N) is 1. The van der Waals surface area contributed by atoms with E-state index in [1.807, 2.05) is 24.3 Å². The highest BCUT2D eigenvalue weighted by molar-refractivity contribution is 5.96. The molecule has 1 aromatic carbocycles. The van der Waals surface area contributed by atoms with Gasteiger partial charge in [0.05, 0.1) is 0 Å². The number of rotatable bonds is 3.